The number of aliphatic hydroxyl groups is 1. The molecule has 0 aliphatic heterocycles. The zero-order chi connectivity index (χ0) is 26.5. The summed E-state index contributed by atoms with van der Waals surface area (Å²) < 4.78 is 16.0. The van der Waals surface area contributed by atoms with Crippen LogP contribution in [-0.4, -0.2) is 61.7 Å². The predicted molar refractivity (Wildman–Crippen MR) is 143 cm³/mol. The number of benzene rings is 1. The molecule has 3 aromatic heterocycles. The highest BCUT2D eigenvalue weighted by molar-refractivity contribution is 9.10. The first-order valence-electron chi connectivity index (χ1n) is 12.1. The normalized spacial score (nSPS) is 16.2. The lowest BCUT2D eigenvalue weighted by atomic mass is 10.1. The van der Waals surface area contributed by atoms with Crippen molar-refractivity contribution in [1.82, 2.24) is 29.8 Å². The molecular formula is C26H29BrFN7O2. The lowest BCUT2D eigenvalue weighted by Gasteiger charge is -2.26. The molecule has 4 aromatic rings. The molecule has 3 heterocycles. The summed E-state index contributed by atoms with van der Waals surface area (Å²) in [6.07, 6.45) is 4.40. The van der Waals surface area contributed by atoms with Gasteiger partial charge in [0.1, 0.15) is 17.7 Å². The standard InChI is InChI=1S/C26H29BrFN7O2/c1-14(31-12-26(6-7-26)13-34(3)25(37)15(2)36)22-21(27)23(29)35-24(33-22)19(11-32-35)17-8-16-9-18(28)4-5-20(16)30-10-17/h4-5,8-11,14-15,31,36H,6-7,12-13,29H2,1-3H3. The number of nitrogen functional groups attached to an aromatic ring is 1. The minimum Gasteiger partial charge on any atom is -0.384 e. The van der Waals surface area contributed by atoms with Crippen molar-refractivity contribution in [3.63, 3.8) is 0 Å². The molecule has 1 amide bonds. The van der Waals surface area contributed by atoms with Gasteiger partial charge in [-0.25, -0.2) is 9.37 Å². The third-order valence-electron chi connectivity index (χ3n) is 7.06. The van der Waals surface area contributed by atoms with E-state index < -0.39 is 6.10 Å². The first-order valence-corrected chi connectivity index (χ1v) is 12.9. The summed E-state index contributed by atoms with van der Waals surface area (Å²) in [6, 6.07) is 6.20. The minimum absolute atomic E-state index is 0.0243. The largest absolute Gasteiger partial charge is 0.384 e. The Morgan fingerprint density at radius 1 is 1.32 bits per heavy atom. The van der Waals surface area contributed by atoms with E-state index in [2.05, 4.69) is 31.3 Å². The van der Waals surface area contributed by atoms with Crippen LogP contribution >= 0.6 is 15.9 Å². The van der Waals surface area contributed by atoms with Crippen LogP contribution in [-0.2, 0) is 4.79 Å². The predicted octanol–water partition coefficient (Wildman–Crippen LogP) is 3.70. The number of amides is 1. The molecule has 0 bridgehead atoms. The Labute approximate surface area is 222 Å². The van der Waals surface area contributed by atoms with E-state index in [0.717, 1.165) is 29.7 Å². The van der Waals surface area contributed by atoms with Gasteiger partial charge in [-0.3, -0.25) is 9.78 Å². The highest BCUT2D eigenvalue weighted by Crippen LogP contribution is 2.46. The third-order valence-corrected chi connectivity index (χ3v) is 7.87. The molecule has 0 saturated heterocycles. The lowest BCUT2D eigenvalue weighted by molar-refractivity contribution is -0.138. The number of anilines is 1. The van der Waals surface area contributed by atoms with Crippen molar-refractivity contribution in [2.24, 2.45) is 5.41 Å². The molecular weight excluding hydrogens is 541 g/mol. The maximum atomic E-state index is 13.8. The van der Waals surface area contributed by atoms with E-state index in [-0.39, 0.29) is 23.2 Å². The first-order chi connectivity index (χ1) is 17.6. The van der Waals surface area contributed by atoms with Crippen LogP contribution in [0.2, 0.25) is 0 Å². The summed E-state index contributed by atoms with van der Waals surface area (Å²) in [5.74, 6) is -0.182. The fourth-order valence-electron chi connectivity index (χ4n) is 4.69. The number of nitrogens with two attached hydrogens (primary N) is 1. The number of aromatic nitrogens is 4. The van der Waals surface area contributed by atoms with E-state index in [1.165, 1.54) is 19.1 Å². The van der Waals surface area contributed by atoms with Gasteiger partial charge in [0.25, 0.3) is 5.91 Å². The molecule has 1 aliphatic carbocycles. The summed E-state index contributed by atoms with van der Waals surface area (Å²) in [4.78, 5) is 23.1. The second-order valence-electron chi connectivity index (χ2n) is 10.0. The average molecular weight is 570 g/mol. The number of pyridine rings is 1. The number of fused-ring (bicyclic) bond motifs is 2. The summed E-state index contributed by atoms with van der Waals surface area (Å²) in [7, 11) is 1.72. The fraction of sp³-hybridized carbons (Fsp3) is 0.385. The van der Waals surface area contributed by atoms with E-state index >= 15 is 0 Å². The molecule has 1 saturated carbocycles. The molecule has 1 fully saturated rings. The van der Waals surface area contributed by atoms with Crippen LogP contribution < -0.4 is 11.1 Å². The molecule has 1 aromatic carbocycles. The van der Waals surface area contributed by atoms with E-state index in [9.17, 15) is 14.3 Å². The van der Waals surface area contributed by atoms with E-state index in [1.807, 2.05) is 13.0 Å². The SMILES string of the molecule is CC(O)C(=O)N(C)CC1(CNC(C)c2nc3c(-c4cnc5ccc(F)cc5c4)cnn3c(N)c2Br)CC1. The van der Waals surface area contributed by atoms with E-state index in [0.29, 0.717) is 39.9 Å². The van der Waals surface area contributed by atoms with Crippen molar-refractivity contribution in [1.29, 1.82) is 0 Å². The van der Waals surface area contributed by atoms with Gasteiger partial charge in [0, 0.05) is 54.3 Å². The van der Waals surface area contributed by atoms with Gasteiger partial charge in [-0.15, -0.1) is 0 Å². The number of likely N-dealkylation sites (N-methyl/N-ethyl adjacent to an activating group) is 1. The zero-order valence-electron chi connectivity index (χ0n) is 20.9. The van der Waals surface area contributed by atoms with E-state index in [1.54, 1.807) is 34.9 Å². The van der Waals surface area contributed by atoms with Crippen molar-refractivity contribution in [2.45, 2.75) is 38.8 Å². The maximum absolute atomic E-state index is 13.8. The fourth-order valence-corrected chi connectivity index (χ4v) is 5.29. The topological polar surface area (TPSA) is 122 Å². The van der Waals surface area contributed by atoms with E-state index in [4.69, 9.17) is 10.7 Å². The minimum atomic E-state index is -1.01. The summed E-state index contributed by atoms with van der Waals surface area (Å²) >= 11 is 3.60. The number of halogens is 2. The van der Waals surface area contributed by atoms with Gasteiger partial charge in [-0.05, 0) is 66.9 Å². The van der Waals surface area contributed by atoms with Crippen LogP contribution in [0, 0.1) is 11.2 Å². The van der Waals surface area contributed by atoms with Gasteiger partial charge >= 0.3 is 0 Å². The molecule has 0 spiro atoms. The molecule has 5 rings (SSSR count). The van der Waals surface area contributed by atoms with Crippen LogP contribution in [0.25, 0.3) is 27.7 Å². The smallest absolute Gasteiger partial charge is 0.250 e. The number of aliphatic hydroxyl groups excluding tert-OH is 1. The highest BCUT2D eigenvalue weighted by atomic mass is 79.9. The van der Waals surface area contributed by atoms with Crippen LogP contribution in [0.5, 0.6) is 0 Å². The van der Waals surface area contributed by atoms with Crippen molar-refractivity contribution in [2.75, 3.05) is 25.9 Å². The maximum Gasteiger partial charge on any atom is 0.250 e. The van der Waals surface area contributed by atoms with Crippen molar-refractivity contribution >= 4 is 44.2 Å². The van der Waals surface area contributed by atoms with Crippen LogP contribution in [0.15, 0.2) is 41.1 Å². The number of carbonyl (C=O) groups excluding carboxylic acids is 1. The van der Waals surface area contributed by atoms with Gasteiger partial charge in [-0.2, -0.15) is 9.61 Å². The highest BCUT2D eigenvalue weighted by Gasteiger charge is 2.44. The van der Waals surface area contributed by atoms with Crippen molar-refractivity contribution < 1.29 is 14.3 Å². The van der Waals surface area contributed by atoms with Gasteiger partial charge in [0.2, 0.25) is 0 Å². The monoisotopic (exact) mass is 569 g/mol. The molecule has 37 heavy (non-hydrogen) atoms. The quantitative estimate of drug-likeness (QED) is 0.296. The van der Waals surface area contributed by atoms with Crippen LogP contribution in [0.4, 0.5) is 10.2 Å². The number of hydrogen-bond acceptors (Lipinski definition) is 7. The Kier molecular flexibility index (Phi) is 6.63. The molecule has 2 atom stereocenters. The Bertz CT molecular complexity index is 1500. The number of carbonyl (C=O) groups is 1. The Morgan fingerprint density at radius 2 is 2.08 bits per heavy atom. The molecule has 194 valence electrons. The third kappa shape index (κ3) is 4.90. The van der Waals surface area contributed by atoms with Crippen LogP contribution in [0.1, 0.15) is 38.4 Å². The van der Waals surface area contributed by atoms with Gasteiger partial charge in [0.05, 0.1) is 21.9 Å². The summed E-state index contributed by atoms with van der Waals surface area (Å²) in [5.41, 5.74) is 9.91. The van der Waals surface area contributed by atoms with Crippen molar-refractivity contribution in [3.8, 4) is 11.1 Å². The van der Waals surface area contributed by atoms with Crippen LogP contribution in [0.3, 0.4) is 0 Å². The van der Waals surface area contributed by atoms with Gasteiger partial charge in [-0.1, -0.05) is 0 Å². The molecule has 0 radical (unpaired) electrons. The number of nitrogens with one attached hydrogen (secondary N) is 1. The zero-order valence-corrected chi connectivity index (χ0v) is 22.5. The number of rotatable bonds is 8. The number of nitrogens with zero attached hydrogens (tertiary/aromatic N) is 5. The Morgan fingerprint density at radius 3 is 2.78 bits per heavy atom. The average Bonchev–Trinajstić information content (AvgIpc) is 3.50. The van der Waals surface area contributed by atoms with Crippen molar-refractivity contribution in [3.05, 3.63) is 52.6 Å². The second kappa shape index (κ2) is 9.62. The second-order valence-corrected chi connectivity index (χ2v) is 10.8. The summed E-state index contributed by atoms with van der Waals surface area (Å²) in [5, 5.41) is 18.3. The molecule has 2 unspecified atom stereocenters. The molecule has 4 N–H and O–H groups in total. The van der Waals surface area contributed by atoms with Gasteiger partial charge in [0.15, 0.2) is 5.65 Å². The molecule has 9 nitrogen and oxygen atoms in total. The molecule has 1 aliphatic rings. The summed E-state index contributed by atoms with van der Waals surface area (Å²) in [6.45, 7) is 4.77. The Hall–Kier alpha value is -3.15. The Balaban J connectivity index is 1.41. The van der Waals surface area contributed by atoms with Gasteiger partial charge < -0.3 is 21.1 Å². The molecule has 11 heteroatoms. The first kappa shape index (κ1) is 25.5. The number of hydrogen-bond donors (Lipinski definition) is 3. The lowest BCUT2D eigenvalue weighted by Crippen LogP contribution is -2.41.